The number of anilines is 1. The van der Waals surface area contributed by atoms with Gasteiger partial charge in [0.05, 0.1) is 28.1 Å². The summed E-state index contributed by atoms with van der Waals surface area (Å²) in [5, 5.41) is 37.9. The molecule has 3 aliphatic rings. The number of aryl methyl sites for hydroxylation is 1. The van der Waals surface area contributed by atoms with Gasteiger partial charge in [0.25, 0.3) is 20.2 Å². The van der Waals surface area contributed by atoms with Crippen LogP contribution in [0.25, 0.3) is 21.5 Å². The topological polar surface area (TPSA) is 239 Å². The summed E-state index contributed by atoms with van der Waals surface area (Å²) in [5.41, 5.74) is 7.53. The van der Waals surface area contributed by atoms with Gasteiger partial charge in [0.15, 0.2) is 5.71 Å². The number of rotatable bonds is 24. The molecule has 404 valence electrons. The van der Waals surface area contributed by atoms with Crippen molar-refractivity contribution in [2.75, 3.05) is 29.5 Å². The Morgan fingerprint density at radius 2 is 1.50 bits per heavy atom. The zero-order valence-electron chi connectivity index (χ0n) is 42.4. The summed E-state index contributed by atoms with van der Waals surface area (Å²) in [5.74, 6) is 0.564. The average Bonchev–Trinajstić information content (AvgIpc) is 3.77. The van der Waals surface area contributed by atoms with E-state index in [1.807, 2.05) is 60.7 Å². The summed E-state index contributed by atoms with van der Waals surface area (Å²) in [6, 6.07) is 25.8. The Labute approximate surface area is 450 Å². The highest BCUT2D eigenvalue weighted by molar-refractivity contribution is 7.94. The van der Waals surface area contributed by atoms with Crippen LogP contribution < -0.4 is 9.64 Å². The van der Waals surface area contributed by atoms with E-state index in [9.17, 15) is 35.8 Å². The second-order valence-electron chi connectivity index (χ2n) is 19.9. The third-order valence-corrected chi connectivity index (χ3v) is 17.0. The molecule has 0 atom stereocenters. The van der Waals surface area contributed by atoms with Gasteiger partial charge in [-0.1, -0.05) is 60.3 Å². The number of benzene rings is 5. The maximum atomic E-state index is 12.2. The smallest absolute Gasteiger partial charge is 0.303 e. The van der Waals surface area contributed by atoms with Crippen molar-refractivity contribution in [3.8, 4) is 5.75 Å². The SMILES string of the molecule is CC1(C)C(/C=C/C2=C(Oc3ccc(CCC(=O)O)cc3)C(=C/C=C3/N(CCCCSOOO)c4ccc5cc(S(=O)(=O)O)ccc5c4C3(C)C)/CCC2)=[N+](CCCCS(=O)(=O)O)c2ccc3cc(SOOO)ccc3c21. The molecule has 17 nitrogen and oxygen atoms in total. The number of nitrogens with zero attached hydrogens (tertiary/aromatic N) is 2. The van der Waals surface area contributed by atoms with Crippen molar-refractivity contribution in [1.82, 2.24) is 0 Å². The first-order chi connectivity index (χ1) is 36.2. The van der Waals surface area contributed by atoms with Gasteiger partial charge < -0.3 is 14.7 Å². The minimum Gasteiger partial charge on any atom is -0.481 e. The van der Waals surface area contributed by atoms with E-state index in [1.54, 1.807) is 6.07 Å². The molecular weight excluding hydrogens is 1060 g/mol. The lowest BCUT2D eigenvalue weighted by molar-refractivity contribution is -0.438. The summed E-state index contributed by atoms with van der Waals surface area (Å²) < 4.78 is 85.9. The Kier molecular flexibility index (Phi) is 18.0. The van der Waals surface area contributed by atoms with E-state index in [0.717, 1.165) is 110 Å². The van der Waals surface area contributed by atoms with Crippen molar-refractivity contribution < 1.29 is 74.4 Å². The summed E-state index contributed by atoms with van der Waals surface area (Å²) in [7, 11) is -8.60. The average molecular weight is 1120 g/mol. The quantitative estimate of drug-likeness (QED) is 0.00964. The van der Waals surface area contributed by atoms with E-state index in [0.29, 0.717) is 66.3 Å². The lowest BCUT2D eigenvalue weighted by atomic mass is 9.78. The van der Waals surface area contributed by atoms with Crippen molar-refractivity contribution in [2.45, 2.75) is 106 Å². The first kappa shape index (κ1) is 56.8. The van der Waals surface area contributed by atoms with Gasteiger partial charge >= 0.3 is 5.97 Å². The van der Waals surface area contributed by atoms with Crippen LogP contribution in [-0.4, -0.2) is 82.4 Å². The third kappa shape index (κ3) is 12.9. The Balaban J connectivity index is 1.23. The molecule has 0 saturated heterocycles. The van der Waals surface area contributed by atoms with Crippen LogP contribution in [0.4, 0.5) is 11.4 Å². The van der Waals surface area contributed by atoms with Gasteiger partial charge in [-0.05, 0) is 163 Å². The summed E-state index contributed by atoms with van der Waals surface area (Å²) in [6.45, 7) is 9.68. The number of carboxylic acid groups (broad SMARTS) is 1. The van der Waals surface area contributed by atoms with Gasteiger partial charge in [-0.2, -0.15) is 21.4 Å². The van der Waals surface area contributed by atoms with Crippen LogP contribution in [0.2, 0.25) is 0 Å². The van der Waals surface area contributed by atoms with Gasteiger partial charge in [0, 0.05) is 76.6 Å². The fraction of sp³-hybridized carbons (Fsp3) is 0.345. The number of fused-ring (bicyclic) bond motifs is 6. The number of carboxylic acids is 1. The van der Waals surface area contributed by atoms with E-state index in [-0.39, 0.29) is 23.5 Å². The molecule has 2 aliphatic heterocycles. The summed E-state index contributed by atoms with van der Waals surface area (Å²) in [6.07, 6.45) is 13.2. The Hall–Kier alpha value is -5.40. The summed E-state index contributed by atoms with van der Waals surface area (Å²) in [4.78, 5) is 14.2. The molecule has 0 spiro atoms. The van der Waals surface area contributed by atoms with Gasteiger partial charge in [-0.3, -0.25) is 13.9 Å². The molecule has 0 amide bonds. The third-order valence-electron chi connectivity index (χ3n) is 14.2. The minimum absolute atomic E-state index is 0.00589. The standard InChI is InChI=1S/C55H60N2O15S4/c1-54(2)49(57(31-6-8-33-75(62,63)64)46-25-15-39-34-42(74-72-70-61)21-23-44(39)51(46)54)28-18-38-11-9-10-37(53(38)68-41-19-12-36(13-20-41)14-29-50(58)59)17-27-48-55(3,4)52-45-24-22-43(76(65,66)67)35-40(45)16-26-47(52)56(48)30-5-7-32-73-71-69-60/h12-13,15-28,34-35H,5-11,14,29-33H2,1-4H3,(H4-,58,59,60,61,62,63,64,65,66,67)/p+1. The van der Waals surface area contributed by atoms with E-state index in [4.69, 9.17) is 19.6 Å². The van der Waals surface area contributed by atoms with Gasteiger partial charge in [0.1, 0.15) is 18.1 Å². The highest BCUT2D eigenvalue weighted by Gasteiger charge is 2.46. The molecule has 0 fully saturated rings. The van der Waals surface area contributed by atoms with Gasteiger partial charge in [-0.25, -0.2) is 10.5 Å². The number of hydrogen-bond acceptors (Lipinski definition) is 15. The highest BCUT2D eigenvalue weighted by Crippen LogP contribution is 2.52. The Bertz CT molecular complexity index is 3400. The van der Waals surface area contributed by atoms with Crippen molar-refractivity contribution in [2.24, 2.45) is 0 Å². The second-order valence-corrected chi connectivity index (χ2v) is 24.5. The molecule has 5 aromatic rings. The lowest BCUT2D eigenvalue weighted by Gasteiger charge is -2.28. The molecule has 0 saturated carbocycles. The zero-order valence-corrected chi connectivity index (χ0v) is 45.7. The molecule has 21 heteroatoms. The van der Waals surface area contributed by atoms with Gasteiger partial charge in [0.2, 0.25) is 5.69 Å². The van der Waals surface area contributed by atoms with Crippen LogP contribution in [0.3, 0.4) is 0 Å². The molecule has 5 N–H and O–H groups in total. The zero-order chi connectivity index (χ0) is 54.4. The van der Waals surface area contributed by atoms with E-state index in [1.165, 1.54) is 12.1 Å². The van der Waals surface area contributed by atoms with Crippen LogP contribution >= 0.6 is 24.1 Å². The molecule has 76 heavy (non-hydrogen) atoms. The highest BCUT2D eigenvalue weighted by atomic mass is 32.2. The molecular formula is C55H61N2O15S4+. The molecule has 5 aromatic carbocycles. The van der Waals surface area contributed by atoms with Crippen LogP contribution in [-0.2, 0) is 61.0 Å². The lowest BCUT2D eigenvalue weighted by Crippen LogP contribution is -2.28. The maximum absolute atomic E-state index is 12.2. The van der Waals surface area contributed by atoms with Crippen molar-refractivity contribution >= 4 is 88.9 Å². The predicted octanol–water partition coefficient (Wildman–Crippen LogP) is 12.3. The second kappa shape index (κ2) is 24.1. The van der Waals surface area contributed by atoms with Gasteiger partial charge in [-0.15, -0.1) is 8.67 Å². The Morgan fingerprint density at radius 1 is 0.776 bits per heavy atom. The van der Waals surface area contributed by atoms with E-state index < -0.39 is 37.0 Å². The number of carbonyl (C=O) groups is 1. The predicted molar refractivity (Wildman–Crippen MR) is 293 cm³/mol. The molecule has 0 unspecified atom stereocenters. The van der Waals surface area contributed by atoms with Crippen LogP contribution in [0.15, 0.2) is 142 Å². The minimum atomic E-state index is -4.45. The Morgan fingerprint density at radius 3 is 2.22 bits per heavy atom. The fourth-order valence-corrected chi connectivity index (χ4v) is 12.7. The van der Waals surface area contributed by atoms with Crippen LogP contribution in [0.1, 0.15) is 95.8 Å². The maximum Gasteiger partial charge on any atom is 0.303 e. The number of hydrogen-bond donors (Lipinski definition) is 5. The number of allylic oxidation sites excluding steroid dienone is 7. The first-order valence-corrected chi connectivity index (χ1v) is 29.5. The first-order valence-electron chi connectivity index (χ1n) is 24.8. The van der Waals surface area contributed by atoms with E-state index in [2.05, 4.69) is 82.0 Å². The van der Waals surface area contributed by atoms with Crippen LogP contribution in [0.5, 0.6) is 5.75 Å². The molecule has 8 rings (SSSR count). The van der Waals surface area contributed by atoms with Crippen molar-refractivity contribution in [1.29, 1.82) is 0 Å². The van der Waals surface area contributed by atoms with Crippen molar-refractivity contribution in [3.63, 3.8) is 0 Å². The molecule has 2 heterocycles. The van der Waals surface area contributed by atoms with E-state index >= 15 is 0 Å². The molecule has 0 bridgehead atoms. The molecule has 1 aliphatic carbocycles. The fourth-order valence-electron chi connectivity index (χ4n) is 10.7. The normalized spacial score (nSPS) is 17.5. The number of ether oxygens (including phenoxy) is 1. The molecule has 0 radical (unpaired) electrons. The van der Waals surface area contributed by atoms with Crippen molar-refractivity contribution in [3.05, 3.63) is 149 Å². The largest absolute Gasteiger partial charge is 0.481 e. The monoisotopic (exact) mass is 1120 g/mol. The summed E-state index contributed by atoms with van der Waals surface area (Å²) >= 11 is 1.87. The number of unbranched alkanes of at least 4 members (excludes halogenated alkanes) is 2. The number of aliphatic carboxylic acids is 1. The van der Waals surface area contributed by atoms with Crippen LogP contribution in [0, 0.1) is 0 Å². The molecule has 0 aromatic heterocycles.